The Bertz CT molecular complexity index is 386. The molecule has 0 aromatic heterocycles. The second-order valence-corrected chi connectivity index (χ2v) is 6.38. The third-order valence-electron chi connectivity index (χ3n) is 3.93. The molecular formula is C16H32N2O8. The second-order valence-electron chi connectivity index (χ2n) is 6.38. The lowest BCUT2D eigenvalue weighted by atomic mass is 9.91. The van der Waals surface area contributed by atoms with Crippen LogP contribution in [0.3, 0.4) is 0 Å². The predicted molar refractivity (Wildman–Crippen MR) is 92.6 cm³/mol. The topological polar surface area (TPSA) is 169 Å². The monoisotopic (exact) mass is 380 g/mol. The summed E-state index contributed by atoms with van der Waals surface area (Å²) in [6.07, 6.45) is 2.00. The van der Waals surface area contributed by atoms with E-state index >= 15 is 0 Å². The molecule has 154 valence electrons. The molecule has 0 saturated heterocycles. The number of carboxylic acids is 1. The molecule has 10 heteroatoms. The van der Waals surface area contributed by atoms with Crippen LogP contribution >= 0.6 is 0 Å². The number of aliphatic hydroxyl groups excluding tert-OH is 4. The Morgan fingerprint density at radius 2 is 1.62 bits per heavy atom. The number of nitrogens with one attached hydrogen (secondary N) is 2. The van der Waals surface area contributed by atoms with E-state index in [1.165, 1.54) is 0 Å². The summed E-state index contributed by atoms with van der Waals surface area (Å²) in [5, 5.41) is 50.7. The van der Waals surface area contributed by atoms with Crippen molar-refractivity contribution in [2.45, 2.75) is 25.7 Å². The van der Waals surface area contributed by atoms with Crippen molar-refractivity contribution in [1.82, 2.24) is 10.6 Å². The number of aliphatic carboxylic acids is 1. The zero-order valence-corrected chi connectivity index (χ0v) is 15.0. The fourth-order valence-corrected chi connectivity index (χ4v) is 2.02. The number of aliphatic hydroxyl groups is 4. The summed E-state index contributed by atoms with van der Waals surface area (Å²) in [4.78, 5) is 22.1. The average molecular weight is 380 g/mol. The van der Waals surface area contributed by atoms with Gasteiger partial charge in [0.25, 0.3) is 0 Å². The van der Waals surface area contributed by atoms with Crippen molar-refractivity contribution >= 4 is 12.0 Å². The molecule has 2 amide bonds. The van der Waals surface area contributed by atoms with Crippen molar-refractivity contribution in [3.63, 3.8) is 0 Å². The van der Waals surface area contributed by atoms with Crippen molar-refractivity contribution in [3.8, 4) is 0 Å². The molecule has 0 bridgehead atoms. The largest absolute Gasteiger partial charge is 0.481 e. The van der Waals surface area contributed by atoms with Crippen LogP contribution in [0.4, 0.5) is 4.79 Å². The molecule has 0 aromatic carbocycles. The van der Waals surface area contributed by atoms with E-state index in [0.717, 1.165) is 0 Å². The van der Waals surface area contributed by atoms with Gasteiger partial charge in [0.15, 0.2) is 0 Å². The standard InChI is InChI=1S/C16H32N2O8/c19-6-13(7-20)8-26-12-16(10-21,11-22)9-18-15(25)17-5-3-1-2-4-14(23)24/h13,19-22H,1-12H2,(H,23,24)(H2,17,18,25). The van der Waals surface area contributed by atoms with E-state index < -0.39 is 36.5 Å². The molecule has 0 unspecified atom stereocenters. The van der Waals surface area contributed by atoms with Gasteiger partial charge in [0, 0.05) is 25.4 Å². The first-order valence-corrected chi connectivity index (χ1v) is 8.67. The fraction of sp³-hybridized carbons (Fsp3) is 0.875. The van der Waals surface area contributed by atoms with Crippen molar-refractivity contribution in [3.05, 3.63) is 0 Å². The lowest BCUT2D eigenvalue weighted by Gasteiger charge is -2.30. The Labute approximate surface area is 153 Å². The number of rotatable bonds is 16. The third kappa shape index (κ3) is 11.2. The highest BCUT2D eigenvalue weighted by Gasteiger charge is 2.30. The van der Waals surface area contributed by atoms with Gasteiger partial charge in [-0.25, -0.2) is 4.79 Å². The molecular weight excluding hydrogens is 348 g/mol. The molecule has 10 nitrogen and oxygen atoms in total. The maximum Gasteiger partial charge on any atom is 0.314 e. The highest BCUT2D eigenvalue weighted by atomic mass is 16.5. The molecule has 0 radical (unpaired) electrons. The van der Waals surface area contributed by atoms with Crippen molar-refractivity contribution in [1.29, 1.82) is 0 Å². The van der Waals surface area contributed by atoms with Crippen LogP contribution in [0.15, 0.2) is 0 Å². The third-order valence-corrected chi connectivity index (χ3v) is 3.93. The number of hydrogen-bond donors (Lipinski definition) is 7. The normalized spacial score (nSPS) is 11.6. The maximum absolute atomic E-state index is 11.8. The lowest BCUT2D eigenvalue weighted by molar-refractivity contribution is -0.137. The Morgan fingerprint density at radius 3 is 2.15 bits per heavy atom. The highest BCUT2D eigenvalue weighted by molar-refractivity contribution is 5.73. The predicted octanol–water partition coefficient (Wildman–Crippen LogP) is -1.48. The van der Waals surface area contributed by atoms with Crippen molar-refractivity contribution < 1.29 is 39.9 Å². The summed E-state index contributed by atoms with van der Waals surface area (Å²) < 4.78 is 5.34. The minimum atomic E-state index is -1.08. The molecule has 0 aliphatic carbocycles. The maximum atomic E-state index is 11.8. The second kappa shape index (κ2) is 14.7. The minimum absolute atomic E-state index is 0.0201. The van der Waals surface area contributed by atoms with E-state index in [9.17, 15) is 19.8 Å². The first-order chi connectivity index (χ1) is 12.4. The first-order valence-electron chi connectivity index (χ1n) is 8.67. The van der Waals surface area contributed by atoms with Gasteiger partial charge in [-0.05, 0) is 12.8 Å². The number of carbonyl (C=O) groups excluding carboxylic acids is 1. The van der Waals surface area contributed by atoms with Crippen LogP contribution in [0.25, 0.3) is 0 Å². The molecule has 0 heterocycles. The molecule has 0 aliphatic rings. The van der Waals surface area contributed by atoms with E-state index in [4.69, 9.17) is 20.1 Å². The van der Waals surface area contributed by atoms with Crippen LogP contribution in [-0.4, -0.2) is 90.3 Å². The minimum Gasteiger partial charge on any atom is -0.481 e. The smallest absolute Gasteiger partial charge is 0.314 e. The van der Waals surface area contributed by atoms with Gasteiger partial charge in [0.2, 0.25) is 0 Å². The zero-order chi connectivity index (χ0) is 19.8. The highest BCUT2D eigenvalue weighted by Crippen LogP contribution is 2.15. The lowest BCUT2D eigenvalue weighted by Crippen LogP contribution is -2.48. The SMILES string of the molecule is O=C(O)CCCCCNC(=O)NCC(CO)(CO)COCC(CO)CO. The summed E-state index contributed by atoms with van der Waals surface area (Å²) >= 11 is 0. The molecule has 0 rings (SSSR count). The molecule has 26 heavy (non-hydrogen) atoms. The molecule has 0 aliphatic heterocycles. The van der Waals surface area contributed by atoms with Gasteiger partial charge in [-0.15, -0.1) is 0 Å². The molecule has 0 spiro atoms. The van der Waals surface area contributed by atoms with Crippen LogP contribution in [0.5, 0.6) is 0 Å². The van der Waals surface area contributed by atoms with Crippen LogP contribution in [0.1, 0.15) is 25.7 Å². The van der Waals surface area contributed by atoms with Gasteiger partial charge in [-0.2, -0.15) is 0 Å². The number of hydrogen-bond acceptors (Lipinski definition) is 7. The number of carbonyl (C=O) groups is 2. The molecule has 0 saturated carbocycles. The Kier molecular flexibility index (Phi) is 13.9. The van der Waals surface area contributed by atoms with Gasteiger partial charge in [0.1, 0.15) is 0 Å². The van der Waals surface area contributed by atoms with Crippen LogP contribution in [0, 0.1) is 11.3 Å². The number of ether oxygens (including phenoxy) is 1. The first kappa shape index (κ1) is 24.5. The van der Waals surface area contributed by atoms with Crippen LogP contribution in [0.2, 0.25) is 0 Å². The van der Waals surface area contributed by atoms with Crippen LogP contribution in [-0.2, 0) is 9.53 Å². The van der Waals surface area contributed by atoms with Crippen molar-refractivity contribution in [2.75, 3.05) is 52.7 Å². The van der Waals surface area contributed by atoms with Crippen LogP contribution < -0.4 is 10.6 Å². The Morgan fingerprint density at radius 1 is 0.962 bits per heavy atom. The number of amides is 2. The zero-order valence-electron chi connectivity index (χ0n) is 15.0. The van der Waals surface area contributed by atoms with E-state index in [1.54, 1.807) is 0 Å². The van der Waals surface area contributed by atoms with E-state index in [1.807, 2.05) is 0 Å². The average Bonchev–Trinajstić information content (AvgIpc) is 2.64. The van der Waals surface area contributed by atoms with Gasteiger partial charge < -0.3 is 40.9 Å². The van der Waals surface area contributed by atoms with Gasteiger partial charge >= 0.3 is 12.0 Å². The van der Waals surface area contributed by atoms with E-state index in [2.05, 4.69) is 10.6 Å². The van der Waals surface area contributed by atoms with Crippen molar-refractivity contribution in [2.24, 2.45) is 11.3 Å². The Hall–Kier alpha value is -1.46. The summed E-state index contributed by atoms with van der Waals surface area (Å²) in [7, 11) is 0. The quantitative estimate of drug-likeness (QED) is 0.159. The number of urea groups is 1. The Balaban J connectivity index is 4.08. The molecule has 7 N–H and O–H groups in total. The summed E-state index contributed by atoms with van der Waals surface area (Å²) in [6.45, 7) is -0.924. The summed E-state index contributed by atoms with van der Waals surface area (Å²) in [5.74, 6) is -1.28. The number of unbranched alkanes of at least 4 members (excludes halogenated alkanes) is 2. The molecule has 0 aromatic rings. The molecule has 0 atom stereocenters. The molecule has 0 fully saturated rings. The summed E-state index contributed by atoms with van der Waals surface area (Å²) in [5.41, 5.74) is -1.08. The van der Waals surface area contributed by atoms with Gasteiger partial charge in [-0.3, -0.25) is 4.79 Å². The summed E-state index contributed by atoms with van der Waals surface area (Å²) in [6, 6.07) is -0.460. The van der Waals surface area contributed by atoms with E-state index in [-0.39, 0.29) is 39.4 Å². The number of carboxylic acid groups (broad SMARTS) is 1. The van der Waals surface area contributed by atoms with Gasteiger partial charge in [0.05, 0.1) is 45.1 Å². The van der Waals surface area contributed by atoms with Gasteiger partial charge in [-0.1, -0.05) is 6.42 Å². The fourth-order valence-electron chi connectivity index (χ4n) is 2.02. The van der Waals surface area contributed by atoms with E-state index in [0.29, 0.717) is 25.8 Å².